The van der Waals surface area contributed by atoms with Crippen LogP contribution in [0, 0.1) is 11.8 Å². The monoisotopic (exact) mass is 383 g/mol. The molecule has 6 heteroatoms. The van der Waals surface area contributed by atoms with E-state index in [2.05, 4.69) is 28.2 Å². The van der Waals surface area contributed by atoms with Crippen molar-refractivity contribution in [3.8, 4) is 0 Å². The molecular weight excluding hydrogens is 361 g/mol. The average Bonchev–Trinajstić information content (AvgIpc) is 2.61. The van der Waals surface area contributed by atoms with E-state index < -0.39 is 0 Å². The average molecular weight is 384 g/mol. The molecule has 0 amide bonds. The van der Waals surface area contributed by atoms with Crippen molar-refractivity contribution in [3.05, 3.63) is 46.5 Å². The Hall–Kier alpha value is -0.810. The molecule has 4 rings (SSSR count). The van der Waals surface area contributed by atoms with Gasteiger partial charge in [-0.1, -0.05) is 35.3 Å². The van der Waals surface area contributed by atoms with E-state index in [4.69, 9.17) is 35.4 Å². The zero-order chi connectivity index (χ0) is 17.1. The number of nitrogens with one attached hydrogen (secondary N) is 2. The second kappa shape index (κ2) is 8.05. The molecule has 3 aliphatic rings. The number of piperidine rings is 3. The summed E-state index contributed by atoms with van der Waals surface area (Å²) in [4.78, 5) is 2.57. The summed E-state index contributed by atoms with van der Waals surface area (Å²) in [6.45, 7) is 7.85. The molecule has 3 saturated heterocycles. The molecule has 0 saturated carbocycles. The molecule has 0 spiro atoms. The smallest absolute Gasteiger partial charge is 0.166 e. The van der Waals surface area contributed by atoms with Gasteiger partial charge in [0.15, 0.2) is 5.11 Å². The van der Waals surface area contributed by atoms with E-state index in [1.165, 1.54) is 19.4 Å². The number of hydrogen-bond acceptors (Lipinski definition) is 2. The van der Waals surface area contributed by atoms with Crippen LogP contribution in [-0.4, -0.2) is 35.7 Å². The van der Waals surface area contributed by atoms with Gasteiger partial charge in [-0.25, -0.2) is 0 Å². The lowest BCUT2D eigenvalue weighted by atomic mass is 9.76. The highest BCUT2D eigenvalue weighted by Crippen LogP contribution is 2.36. The zero-order valence-electron chi connectivity index (χ0n) is 13.6. The van der Waals surface area contributed by atoms with Crippen LogP contribution in [0.15, 0.2) is 30.9 Å². The summed E-state index contributed by atoms with van der Waals surface area (Å²) in [6, 6.07) is 6.19. The molecule has 1 aromatic carbocycles. The minimum absolute atomic E-state index is 0.567. The summed E-state index contributed by atoms with van der Waals surface area (Å²) < 4.78 is 0. The Morgan fingerprint density at radius 1 is 1.33 bits per heavy atom. The van der Waals surface area contributed by atoms with Crippen molar-refractivity contribution in [3.63, 3.8) is 0 Å². The van der Waals surface area contributed by atoms with Crippen LogP contribution in [0.25, 0.3) is 0 Å². The molecule has 24 heavy (non-hydrogen) atoms. The first kappa shape index (κ1) is 18.0. The van der Waals surface area contributed by atoms with Gasteiger partial charge in [0.25, 0.3) is 0 Å². The maximum absolute atomic E-state index is 6.03. The van der Waals surface area contributed by atoms with Crippen LogP contribution >= 0.6 is 35.4 Å². The minimum atomic E-state index is 0.567. The normalized spacial score (nSPS) is 28.4. The molecule has 4 atom stereocenters. The van der Waals surface area contributed by atoms with E-state index in [1.54, 1.807) is 6.07 Å². The molecule has 2 N–H and O–H groups in total. The fraction of sp³-hybridized carbons (Fsp3) is 0.500. The fourth-order valence-electron chi connectivity index (χ4n) is 3.76. The van der Waals surface area contributed by atoms with E-state index in [1.807, 2.05) is 12.1 Å². The van der Waals surface area contributed by atoms with E-state index >= 15 is 0 Å². The van der Waals surface area contributed by atoms with E-state index in [9.17, 15) is 0 Å². The summed E-state index contributed by atoms with van der Waals surface area (Å²) in [5.41, 5.74) is 1.06. The number of nitrogens with zero attached hydrogens (tertiary/aromatic N) is 1. The summed E-state index contributed by atoms with van der Waals surface area (Å²) in [7, 11) is 0. The van der Waals surface area contributed by atoms with E-state index in [0.717, 1.165) is 24.6 Å². The van der Waals surface area contributed by atoms with Crippen molar-refractivity contribution in [2.45, 2.75) is 25.4 Å². The second-order valence-corrected chi connectivity index (χ2v) is 7.87. The SMILES string of the molecule is C=C[C@H]1CN2CC[C@H]1C[C@@H]2CNC(=S)NCc1ccc(Cl)c(Cl)c1. The van der Waals surface area contributed by atoms with Gasteiger partial charge in [0, 0.05) is 25.7 Å². The molecule has 3 heterocycles. The number of halogens is 2. The Morgan fingerprint density at radius 3 is 2.83 bits per heavy atom. The van der Waals surface area contributed by atoms with Crippen LogP contribution in [-0.2, 0) is 6.54 Å². The molecule has 3 aliphatic heterocycles. The number of benzene rings is 1. The molecule has 2 bridgehead atoms. The lowest BCUT2D eigenvalue weighted by molar-refractivity contribution is 0.0215. The Morgan fingerprint density at radius 2 is 2.17 bits per heavy atom. The largest absolute Gasteiger partial charge is 0.361 e. The molecule has 0 radical (unpaired) electrons. The summed E-state index contributed by atoms with van der Waals surface area (Å²) in [5.74, 6) is 1.45. The molecule has 3 nitrogen and oxygen atoms in total. The predicted molar refractivity (Wildman–Crippen MR) is 106 cm³/mol. The van der Waals surface area contributed by atoms with Gasteiger partial charge < -0.3 is 10.6 Å². The van der Waals surface area contributed by atoms with E-state index in [0.29, 0.717) is 33.7 Å². The third-order valence-corrected chi connectivity index (χ3v) is 6.19. The van der Waals surface area contributed by atoms with Crippen LogP contribution in [0.3, 0.4) is 0 Å². The fourth-order valence-corrected chi connectivity index (χ4v) is 4.24. The van der Waals surface area contributed by atoms with Crippen LogP contribution in [0.4, 0.5) is 0 Å². The van der Waals surface area contributed by atoms with Gasteiger partial charge in [0.05, 0.1) is 10.0 Å². The summed E-state index contributed by atoms with van der Waals surface area (Å²) in [5, 5.41) is 8.41. The minimum Gasteiger partial charge on any atom is -0.361 e. The number of fused-ring (bicyclic) bond motifs is 3. The predicted octanol–water partition coefficient (Wildman–Crippen LogP) is 3.85. The van der Waals surface area contributed by atoms with Crippen LogP contribution < -0.4 is 10.6 Å². The van der Waals surface area contributed by atoms with Gasteiger partial charge in [0.2, 0.25) is 0 Å². The third kappa shape index (κ3) is 4.23. The first-order valence-corrected chi connectivity index (χ1v) is 9.55. The first-order valence-electron chi connectivity index (χ1n) is 8.39. The highest BCUT2D eigenvalue weighted by atomic mass is 35.5. The third-order valence-electron chi connectivity index (χ3n) is 5.17. The van der Waals surface area contributed by atoms with Gasteiger partial charge in [-0.3, -0.25) is 4.90 Å². The van der Waals surface area contributed by atoms with Gasteiger partial charge >= 0.3 is 0 Å². The standard InChI is InChI=1S/C18H23Cl2N3S/c1-2-13-11-23-6-5-14(13)8-15(23)10-22-18(24)21-9-12-3-4-16(19)17(20)7-12/h2-4,7,13-15H,1,5-6,8-11H2,(H2,21,22,24)/t13-,14-,15+/m0/s1. The lowest BCUT2D eigenvalue weighted by Gasteiger charge is -2.49. The van der Waals surface area contributed by atoms with Crippen LogP contribution in [0.1, 0.15) is 18.4 Å². The molecule has 0 aromatic heterocycles. The Kier molecular flexibility index (Phi) is 6.03. The van der Waals surface area contributed by atoms with Gasteiger partial charge in [-0.2, -0.15) is 0 Å². The Labute approximate surface area is 159 Å². The van der Waals surface area contributed by atoms with Crippen LogP contribution in [0.5, 0.6) is 0 Å². The molecule has 0 aliphatic carbocycles. The maximum atomic E-state index is 6.03. The van der Waals surface area contributed by atoms with Gasteiger partial charge in [-0.05, 0) is 61.1 Å². The van der Waals surface area contributed by atoms with Gasteiger partial charge in [-0.15, -0.1) is 6.58 Å². The number of hydrogen-bond donors (Lipinski definition) is 2. The summed E-state index contributed by atoms with van der Waals surface area (Å²) in [6.07, 6.45) is 4.66. The summed E-state index contributed by atoms with van der Waals surface area (Å²) >= 11 is 17.4. The highest BCUT2D eigenvalue weighted by molar-refractivity contribution is 7.80. The number of rotatable bonds is 5. The van der Waals surface area contributed by atoms with Crippen molar-refractivity contribution in [1.29, 1.82) is 0 Å². The first-order chi connectivity index (χ1) is 11.6. The molecular formula is C18H23Cl2N3S. The number of thiocarbonyl (C=S) groups is 1. The lowest BCUT2D eigenvalue weighted by Crippen LogP contribution is -2.56. The Bertz CT molecular complexity index is 622. The van der Waals surface area contributed by atoms with Crippen molar-refractivity contribution in [2.24, 2.45) is 11.8 Å². The Balaban J connectivity index is 1.43. The quantitative estimate of drug-likeness (QED) is 0.596. The molecule has 1 aromatic rings. The van der Waals surface area contributed by atoms with Crippen molar-refractivity contribution >= 4 is 40.5 Å². The maximum Gasteiger partial charge on any atom is 0.166 e. The molecule has 3 fully saturated rings. The van der Waals surface area contributed by atoms with Gasteiger partial charge in [0.1, 0.15) is 0 Å². The topological polar surface area (TPSA) is 27.3 Å². The van der Waals surface area contributed by atoms with Crippen molar-refractivity contribution in [1.82, 2.24) is 15.5 Å². The molecule has 1 unspecified atom stereocenters. The van der Waals surface area contributed by atoms with E-state index in [-0.39, 0.29) is 0 Å². The highest BCUT2D eigenvalue weighted by Gasteiger charge is 2.38. The molecule has 130 valence electrons. The van der Waals surface area contributed by atoms with Crippen molar-refractivity contribution < 1.29 is 0 Å². The second-order valence-electron chi connectivity index (χ2n) is 6.64. The van der Waals surface area contributed by atoms with Crippen LogP contribution in [0.2, 0.25) is 10.0 Å². The van der Waals surface area contributed by atoms with Crippen molar-refractivity contribution in [2.75, 3.05) is 19.6 Å². The zero-order valence-corrected chi connectivity index (χ0v) is 15.9.